The van der Waals surface area contributed by atoms with Crippen molar-refractivity contribution in [2.45, 2.75) is 57.6 Å². The molecule has 0 aliphatic heterocycles. The van der Waals surface area contributed by atoms with E-state index in [-0.39, 0.29) is 39.6 Å². The molecule has 0 saturated heterocycles. The molecular formula is C30H33Cl3N4O7S. The summed E-state index contributed by atoms with van der Waals surface area (Å²) in [5.41, 5.74) is 0.188. The zero-order valence-electron chi connectivity index (χ0n) is 25.2. The molecule has 0 spiro atoms. The predicted octanol–water partition coefficient (Wildman–Crippen LogP) is 6.40. The average Bonchev–Trinajstić information content (AvgIpc) is 2.98. The number of benzene rings is 3. The van der Waals surface area contributed by atoms with Crippen LogP contribution >= 0.6 is 34.8 Å². The Bertz CT molecular complexity index is 1700. The lowest BCUT2D eigenvalue weighted by Crippen LogP contribution is -2.52. The lowest BCUT2D eigenvalue weighted by Gasteiger charge is -2.33. The first-order valence-electron chi connectivity index (χ1n) is 13.8. The van der Waals surface area contributed by atoms with Crippen molar-refractivity contribution in [3.63, 3.8) is 0 Å². The normalized spacial score (nSPS) is 12.6. The minimum Gasteiger partial charge on any atom is -0.495 e. The molecule has 0 fully saturated rings. The van der Waals surface area contributed by atoms with Crippen LogP contribution < -0.4 is 14.4 Å². The lowest BCUT2D eigenvalue weighted by molar-refractivity contribution is -0.385. The van der Waals surface area contributed by atoms with E-state index in [1.807, 2.05) is 13.8 Å². The fourth-order valence-electron chi connectivity index (χ4n) is 4.33. The number of carbonyl (C=O) groups excluding carboxylic acids is 2. The Labute approximate surface area is 277 Å². The number of hydrogen-bond donors (Lipinski definition) is 1. The highest BCUT2D eigenvalue weighted by atomic mass is 35.5. The standard InChI is InChI=1S/C30H33Cl3N4O7S/c1-6-19(3)34-30(39)20(4)35(16-21-8-9-22(31)13-25(21)33)29(38)17-36(27-14-23(32)10-12-28(27)44-5)45(42,43)24-11-7-18(2)26(15-24)37(40)41/h7-15,19-20H,6,16-17H2,1-5H3,(H,34,39)/t19-,20+/m1/s1. The number of aryl methyl sites for hydroxylation is 1. The SMILES string of the molecule is CC[C@@H](C)NC(=O)[C@H](C)N(Cc1ccc(Cl)cc1Cl)C(=O)CN(c1cc(Cl)ccc1OC)S(=O)(=O)c1ccc(C)c([N+](=O)[O-])c1. The van der Waals surface area contributed by atoms with Crippen LogP contribution in [0.25, 0.3) is 0 Å². The van der Waals surface area contributed by atoms with Gasteiger partial charge in [0.05, 0.1) is 22.6 Å². The molecule has 15 heteroatoms. The molecule has 0 saturated carbocycles. The van der Waals surface area contributed by atoms with Gasteiger partial charge in [0, 0.05) is 39.3 Å². The summed E-state index contributed by atoms with van der Waals surface area (Å²) >= 11 is 18.7. The van der Waals surface area contributed by atoms with Gasteiger partial charge in [-0.3, -0.25) is 24.0 Å². The largest absolute Gasteiger partial charge is 0.495 e. The number of nitro groups is 1. The zero-order valence-corrected chi connectivity index (χ0v) is 28.3. The Balaban J connectivity index is 2.18. The van der Waals surface area contributed by atoms with E-state index < -0.39 is 49.9 Å². The number of nitrogens with one attached hydrogen (secondary N) is 1. The Morgan fingerprint density at radius 1 is 1.02 bits per heavy atom. The first kappa shape index (κ1) is 35.9. The van der Waals surface area contributed by atoms with E-state index in [0.717, 1.165) is 10.4 Å². The summed E-state index contributed by atoms with van der Waals surface area (Å²) in [7, 11) is -3.35. The minimum absolute atomic E-state index is 0.0623. The molecule has 3 aromatic rings. The smallest absolute Gasteiger partial charge is 0.273 e. The minimum atomic E-state index is -4.66. The molecule has 0 unspecified atom stereocenters. The molecule has 0 radical (unpaired) electrons. The monoisotopic (exact) mass is 698 g/mol. The quantitative estimate of drug-likeness (QED) is 0.161. The van der Waals surface area contributed by atoms with Crippen LogP contribution in [0.15, 0.2) is 59.5 Å². The van der Waals surface area contributed by atoms with Gasteiger partial charge in [-0.2, -0.15) is 0 Å². The van der Waals surface area contributed by atoms with Crippen LogP contribution in [0.2, 0.25) is 15.1 Å². The highest BCUT2D eigenvalue weighted by Gasteiger charge is 2.35. The molecule has 0 bridgehead atoms. The van der Waals surface area contributed by atoms with Gasteiger partial charge in [-0.05, 0) is 69.2 Å². The molecule has 0 aliphatic rings. The number of methoxy groups -OCH3 is 1. The molecule has 3 aromatic carbocycles. The van der Waals surface area contributed by atoms with E-state index in [0.29, 0.717) is 17.0 Å². The number of sulfonamides is 1. The van der Waals surface area contributed by atoms with Crippen molar-refractivity contribution in [1.29, 1.82) is 0 Å². The maximum Gasteiger partial charge on any atom is 0.273 e. The molecule has 2 amide bonds. The van der Waals surface area contributed by atoms with Gasteiger partial charge in [0.25, 0.3) is 15.7 Å². The second-order valence-electron chi connectivity index (χ2n) is 10.3. The van der Waals surface area contributed by atoms with Crippen LogP contribution in [0.5, 0.6) is 5.75 Å². The van der Waals surface area contributed by atoms with E-state index >= 15 is 0 Å². The van der Waals surface area contributed by atoms with Gasteiger partial charge in [-0.1, -0.05) is 53.9 Å². The number of nitrogens with zero attached hydrogens (tertiary/aromatic N) is 3. The van der Waals surface area contributed by atoms with Gasteiger partial charge >= 0.3 is 0 Å². The molecule has 0 aromatic heterocycles. The van der Waals surface area contributed by atoms with E-state index in [9.17, 15) is 28.1 Å². The van der Waals surface area contributed by atoms with Crippen LogP contribution in [-0.2, 0) is 26.2 Å². The number of nitro benzene ring substituents is 1. The van der Waals surface area contributed by atoms with Crippen LogP contribution in [0.4, 0.5) is 11.4 Å². The molecular weight excluding hydrogens is 667 g/mol. The van der Waals surface area contributed by atoms with Crippen molar-refractivity contribution in [1.82, 2.24) is 10.2 Å². The summed E-state index contributed by atoms with van der Waals surface area (Å²) in [5, 5.41) is 15.2. The molecule has 0 aliphatic carbocycles. The first-order valence-corrected chi connectivity index (χ1v) is 16.3. The van der Waals surface area contributed by atoms with E-state index in [1.54, 1.807) is 12.1 Å². The first-order chi connectivity index (χ1) is 21.1. The van der Waals surface area contributed by atoms with Crippen LogP contribution in [-0.4, -0.2) is 55.8 Å². The summed E-state index contributed by atoms with van der Waals surface area (Å²) in [4.78, 5) is 39.2. The van der Waals surface area contributed by atoms with Crippen molar-refractivity contribution < 1.29 is 27.7 Å². The Kier molecular flexibility index (Phi) is 12.1. The predicted molar refractivity (Wildman–Crippen MR) is 175 cm³/mol. The fourth-order valence-corrected chi connectivity index (χ4v) is 6.40. The van der Waals surface area contributed by atoms with Gasteiger partial charge in [-0.25, -0.2) is 8.42 Å². The third-order valence-electron chi connectivity index (χ3n) is 7.18. The number of amides is 2. The lowest BCUT2D eigenvalue weighted by atomic mass is 10.1. The van der Waals surface area contributed by atoms with E-state index in [4.69, 9.17) is 39.5 Å². The molecule has 11 nitrogen and oxygen atoms in total. The summed E-state index contributed by atoms with van der Waals surface area (Å²) in [5.74, 6) is -1.18. The number of rotatable bonds is 13. The fraction of sp³-hybridized carbons (Fsp3) is 0.333. The number of carbonyl (C=O) groups is 2. The number of ether oxygens (including phenoxy) is 1. The molecule has 3 rings (SSSR count). The maximum absolute atomic E-state index is 14.2. The molecule has 242 valence electrons. The Hall–Kier alpha value is -3.58. The van der Waals surface area contributed by atoms with Gasteiger partial charge in [0.15, 0.2) is 0 Å². The summed E-state index contributed by atoms with van der Waals surface area (Å²) in [6.45, 7) is 5.70. The van der Waals surface area contributed by atoms with Gasteiger partial charge in [0.2, 0.25) is 11.8 Å². The van der Waals surface area contributed by atoms with E-state index in [2.05, 4.69) is 5.32 Å². The van der Waals surface area contributed by atoms with Gasteiger partial charge in [-0.15, -0.1) is 0 Å². The summed E-state index contributed by atoms with van der Waals surface area (Å²) < 4.78 is 34.6. The van der Waals surface area contributed by atoms with Crippen molar-refractivity contribution in [2.24, 2.45) is 0 Å². The van der Waals surface area contributed by atoms with Crippen molar-refractivity contribution in [3.8, 4) is 5.75 Å². The van der Waals surface area contributed by atoms with Crippen molar-refractivity contribution in [3.05, 3.63) is 90.9 Å². The highest BCUT2D eigenvalue weighted by Crippen LogP contribution is 2.36. The van der Waals surface area contributed by atoms with Crippen LogP contribution in [0.1, 0.15) is 38.3 Å². The molecule has 2 atom stereocenters. The third-order valence-corrected chi connectivity index (χ3v) is 9.76. The Morgan fingerprint density at radius 2 is 1.67 bits per heavy atom. The number of anilines is 1. The molecule has 1 N–H and O–H groups in total. The molecule has 45 heavy (non-hydrogen) atoms. The zero-order chi connectivity index (χ0) is 33.6. The average molecular weight is 700 g/mol. The molecule has 0 heterocycles. The van der Waals surface area contributed by atoms with Crippen molar-refractivity contribution in [2.75, 3.05) is 18.0 Å². The number of hydrogen-bond acceptors (Lipinski definition) is 7. The maximum atomic E-state index is 14.2. The second-order valence-corrected chi connectivity index (χ2v) is 13.4. The summed E-state index contributed by atoms with van der Waals surface area (Å²) in [6, 6.07) is 11.0. The van der Waals surface area contributed by atoms with E-state index in [1.165, 1.54) is 62.3 Å². The second kappa shape index (κ2) is 15.1. The van der Waals surface area contributed by atoms with Crippen LogP contribution in [0.3, 0.4) is 0 Å². The number of halogens is 3. The summed E-state index contributed by atoms with van der Waals surface area (Å²) in [6.07, 6.45) is 0.638. The van der Waals surface area contributed by atoms with Crippen molar-refractivity contribution >= 4 is 68.0 Å². The topological polar surface area (TPSA) is 139 Å². The highest BCUT2D eigenvalue weighted by molar-refractivity contribution is 7.92. The van der Waals surface area contributed by atoms with Gasteiger partial charge < -0.3 is 15.0 Å². The van der Waals surface area contributed by atoms with Crippen LogP contribution in [0, 0.1) is 17.0 Å². The Morgan fingerprint density at radius 3 is 2.27 bits per heavy atom. The third kappa shape index (κ3) is 8.57. The van der Waals surface area contributed by atoms with Gasteiger partial charge in [0.1, 0.15) is 18.3 Å².